The molecule has 0 amide bonds. The van der Waals surface area contributed by atoms with E-state index < -0.39 is 5.76 Å². The van der Waals surface area contributed by atoms with E-state index in [4.69, 9.17) is 4.42 Å². The normalized spacial score (nSPS) is 10.7. The van der Waals surface area contributed by atoms with Crippen LogP contribution >= 0.6 is 0 Å². The molecule has 3 rings (SSSR count). The Hall–Kier alpha value is -2.62. The van der Waals surface area contributed by atoms with Crippen LogP contribution in [0.1, 0.15) is 10.4 Å². The molecule has 0 fully saturated rings. The van der Waals surface area contributed by atoms with Gasteiger partial charge in [-0.3, -0.25) is 4.79 Å². The number of hydrogen-bond acceptors (Lipinski definition) is 3. The molecule has 4 heteroatoms. The third kappa shape index (κ3) is 1.55. The Labute approximate surface area is 102 Å². The zero-order chi connectivity index (χ0) is 12.5. The van der Waals surface area contributed by atoms with Gasteiger partial charge in [0.25, 0.3) is 0 Å². The maximum absolute atomic E-state index is 11.8. The molecule has 88 valence electrons. The number of nitrogens with zero attached hydrogens (tertiary/aromatic N) is 1. The molecule has 0 spiro atoms. The van der Waals surface area contributed by atoms with Crippen molar-refractivity contribution in [2.75, 3.05) is 0 Å². The Kier molecular flexibility index (Phi) is 2.34. The first-order valence-corrected chi connectivity index (χ1v) is 5.46. The summed E-state index contributed by atoms with van der Waals surface area (Å²) in [5.41, 5.74) is 2.28. The van der Waals surface area contributed by atoms with Gasteiger partial charge < -0.3 is 4.42 Å². The minimum absolute atomic E-state index is 0.411. The first-order valence-electron chi connectivity index (χ1n) is 5.46. The second-order valence-electron chi connectivity index (χ2n) is 3.88. The van der Waals surface area contributed by atoms with E-state index in [1.807, 2.05) is 30.3 Å². The molecule has 4 nitrogen and oxygen atoms in total. The SMILES string of the molecule is O=Cc1ccc2c(c1)oc(=O)n2-c1ccccc1. The Bertz CT molecular complexity index is 769. The average molecular weight is 239 g/mol. The fraction of sp³-hybridized carbons (Fsp3) is 0. The molecule has 0 bridgehead atoms. The quantitative estimate of drug-likeness (QED) is 0.645. The summed E-state index contributed by atoms with van der Waals surface area (Å²) < 4.78 is 6.62. The van der Waals surface area contributed by atoms with Crippen LogP contribution in [0.2, 0.25) is 0 Å². The molecule has 2 aromatic carbocycles. The Morgan fingerprint density at radius 3 is 2.56 bits per heavy atom. The van der Waals surface area contributed by atoms with Crippen molar-refractivity contribution in [3.63, 3.8) is 0 Å². The van der Waals surface area contributed by atoms with Crippen molar-refractivity contribution in [2.24, 2.45) is 0 Å². The number of hydrogen-bond donors (Lipinski definition) is 0. The Morgan fingerprint density at radius 2 is 1.83 bits per heavy atom. The highest BCUT2D eigenvalue weighted by atomic mass is 16.4. The van der Waals surface area contributed by atoms with Crippen LogP contribution < -0.4 is 5.76 Å². The van der Waals surface area contributed by atoms with E-state index in [2.05, 4.69) is 0 Å². The van der Waals surface area contributed by atoms with Gasteiger partial charge in [0, 0.05) is 5.56 Å². The van der Waals surface area contributed by atoms with E-state index in [0.717, 1.165) is 12.0 Å². The predicted octanol–water partition coefficient (Wildman–Crippen LogP) is 2.40. The van der Waals surface area contributed by atoms with Gasteiger partial charge in [-0.2, -0.15) is 0 Å². The van der Waals surface area contributed by atoms with Crippen LogP contribution in [0.15, 0.2) is 57.7 Å². The number of carbonyl (C=O) groups is 1. The van der Waals surface area contributed by atoms with Crippen molar-refractivity contribution in [1.29, 1.82) is 0 Å². The van der Waals surface area contributed by atoms with Crippen molar-refractivity contribution in [3.05, 3.63) is 64.6 Å². The van der Waals surface area contributed by atoms with Gasteiger partial charge in [0.2, 0.25) is 0 Å². The van der Waals surface area contributed by atoms with Crippen molar-refractivity contribution in [3.8, 4) is 5.69 Å². The van der Waals surface area contributed by atoms with Crippen LogP contribution in [-0.2, 0) is 0 Å². The Morgan fingerprint density at radius 1 is 1.06 bits per heavy atom. The van der Waals surface area contributed by atoms with Crippen molar-refractivity contribution < 1.29 is 9.21 Å². The molecular formula is C14H9NO3. The van der Waals surface area contributed by atoms with E-state index in [9.17, 15) is 9.59 Å². The second-order valence-corrected chi connectivity index (χ2v) is 3.88. The van der Waals surface area contributed by atoms with Crippen molar-refractivity contribution >= 4 is 17.4 Å². The van der Waals surface area contributed by atoms with Crippen molar-refractivity contribution in [1.82, 2.24) is 4.57 Å². The van der Waals surface area contributed by atoms with Crippen LogP contribution in [0.3, 0.4) is 0 Å². The van der Waals surface area contributed by atoms with Crippen LogP contribution in [0.5, 0.6) is 0 Å². The summed E-state index contributed by atoms with van der Waals surface area (Å²) in [5.74, 6) is -0.459. The fourth-order valence-corrected chi connectivity index (χ4v) is 1.93. The number of aldehydes is 1. The van der Waals surface area contributed by atoms with Gasteiger partial charge in [-0.1, -0.05) is 18.2 Å². The molecular weight excluding hydrogens is 230 g/mol. The topological polar surface area (TPSA) is 52.2 Å². The van der Waals surface area contributed by atoms with Gasteiger partial charge >= 0.3 is 5.76 Å². The minimum atomic E-state index is -0.459. The number of carbonyl (C=O) groups excluding carboxylic acids is 1. The van der Waals surface area contributed by atoms with Gasteiger partial charge in [-0.25, -0.2) is 9.36 Å². The fourth-order valence-electron chi connectivity index (χ4n) is 1.93. The summed E-state index contributed by atoms with van der Waals surface area (Å²) in [6, 6.07) is 14.1. The number of aromatic nitrogens is 1. The van der Waals surface area contributed by atoms with Gasteiger partial charge in [0.1, 0.15) is 6.29 Å². The van der Waals surface area contributed by atoms with Crippen molar-refractivity contribution in [2.45, 2.75) is 0 Å². The number of benzene rings is 2. The summed E-state index contributed by atoms with van der Waals surface area (Å²) in [6.45, 7) is 0. The monoisotopic (exact) mass is 239 g/mol. The summed E-state index contributed by atoms with van der Waals surface area (Å²) in [4.78, 5) is 22.5. The van der Waals surface area contributed by atoms with E-state index in [0.29, 0.717) is 16.7 Å². The first-order chi connectivity index (χ1) is 8.79. The number of rotatable bonds is 2. The lowest BCUT2D eigenvalue weighted by molar-refractivity contribution is 0.112. The molecule has 0 aliphatic carbocycles. The first kappa shape index (κ1) is 10.5. The van der Waals surface area contributed by atoms with Gasteiger partial charge in [0.05, 0.1) is 11.2 Å². The van der Waals surface area contributed by atoms with Crippen LogP contribution in [0.4, 0.5) is 0 Å². The van der Waals surface area contributed by atoms with Crippen LogP contribution in [0.25, 0.3) is 16.8 Å². The Balaban J connectivity index is 2.34. The molecule has 1 heterocycles. The van der Waals surface area contributed by atoms with Gasteiger partial charge in [0.15, 0.2) is 5.58 Å². The molecule has 0 N–H and O–H groups in total. The van der Waals surface area contributed by atoms with Gasteiger partial charge in [-0.15, -0.1) is 0 Å². The second kappa shape index (κ2) is 4.00. The van der Waals surface area contributed by atoms with E-state index in [1.165, 1.54) is 4.57 Å². The molecule has 18 heavy (non-hydrogen) atoms. The third-order valence-electron chi connectivity index (χ3n) is 2.76. The third-order valence-corrected chi connectivity index (χ3v) is 2.76. The predicted molar refractivity (Wildman–Crippen MR) is 67.2 cm³/mol. The van der Waals surface area contributed by atoms with E-state index in [-0.39, 0.29) is 0 Å². The lowest BCUT2D eigenvalue weighted by Gasteiger charge is -2.00. The molecule has 1 aromatic heterocycles. The van der Waals surface area contributed by atoms with E-state index >= 15 is 0 Å². The molecule has 0 aliphatic heterocycles. The van der Waals surface area contributed by atoms with Crippen LogP contribution in [-0.4, -0.2) is 10.9 Å². The molecule has 0 saturated heterocycles. The highest BCUT2D eigenvalue weighted by Crippen LogP contribution is 2.18. The van der Waals surface area contributed by atoms with Crippen LogP contribution in [0, 0.1) is 0 Å². The highest BCUT2D eigenvalue weighted by Gasteiger charge is 2.10. The maximum Gasteiger partial charge on any atom is 0.424 e. The summed E-state index contributed by atoms with van der Waals surface area (Å²) in [6.07, 6.45) is 0.722. The summed E-state index contributed by atoms with van der Waals surface area (Å²) >= 11 is 0. The van der Waals surface area contributed by atoms with Gasteiger partial charge in [-0.05, 0) is 30.3 Å². The molecule has 3 aromatic rings. The molecule has 0 aliphatic rings. The standard InChI is InChI=1S/C14H9NO3/c16-9-10-6-7-12-13(8-10)18-14(17)15(12)11-4-2-1-3-5-11/h1-9H. The molecule has 0 atom stereocenters. The summed E-state index contributed by atoms with van der Waals surface area (Å²) in [7, 11) is 0. The maximum atomic E-state index is 11.8. The number of fused-ring (bicyclic) bond motifs is 1. The lowest BCUT2D eigenvalue weighted by atomic mass is 10.2. The zero-order valence-electron chi connectivity index (χ0n) is 9.37. The molecule has 0 unspecified atom stereocenters. The molecule has 0 saturated carbocycles. The number of oxazole rings is 1. The number of para-hydroxylation sites is 1. The average Bonchev–Trinajstić information content (AvgIpc) is 2.74. The lowest BCUT2D eigenvalue weighted by Crippen LogP contribution is -2.11. The minimum Gasteiger partial charge on any atom is -0.407 e. The smallest absolute Gasteiger partial charge is 0.407 e. The zero-order valence-corrected chi connectivity index (χ0v) is 9.37. The summed E-state index contributed by atoms with van der Waals surface area (Å²) in [5, 5.41) is 0. The largest absolute Gasteiger partial charge is 0.424 e. The highest BCUT2D eigenvalue weighted by molar-refractivity contribution is 5.84. The van der Waals surface area contributed by atoms with E-state index in [1.54, 1.807) is 18.2 Å². The molecule has 0 radical (unpaired) electrons.